The van der Waals surface area contributed by atoms with E-state index in [2.05, 4.69) is 13.8 Å². The Hall–Kier alpha value is -0.0800. The third-order valence-corrected chi connectivity index (χ3v) is 1.99. The van der Waals surface area contributed by atoms with Crippen molar-refractivity contribution in [1.29, 1.82) is 0 Å². The van der Waals surface area contributed by atoms with E-state index >= 15 is 0 Å². The van der Waals surface area contributed by atoms with Gasteiger partial charge in [0.1, 0.15) is 6.23 Å². The van der Waals surface area contributed by atoms with Crippen molar-refractivity contribution < 1.29 is 5.11 Å². The number of aliphatic hydroxyl groups excluding tert-OH is 1. The Labute approximate surface area is 63.8 Å². The first kappa shape index (κ1) is 9.92. The highest BCUT2D eigenvalue weighted by Gasteiger charge is 2.11. The maximum atomic E-state index is 9.14. The van der Waals surface area contributed by atoms with Crippen LogP contribution in [0.1, 0.15) is 33.6 Å². The molecular formula is C8H19NO. The highest BCUT2D eigenvalue weighted by Crippen LogP contribution is 2.05. The van der Waals surface area contributed by atoms with E-state index in [1.54, 1.807) is 6.92 Å². The van der Waals surface area contributed by atoms with E-state index in [0.29, 0.717) is 6.04 Å². The summed E-state index contributed by atoms with van der Waals surface area (Å²) in [5, 5.41) is 9.14. The van der Waals surface area contributed by atoms with Crippen LogP contribution in [0.25, 0.3) is 0 Å². The van der Waals surface area contributed by atoms with Crippen molar-refractivity contribution >= 4 is 0 Å². The van der Waals surface area contributed by atoms with E-state index in [9.17, 15) is 0 Å². The lowest BCUT2D eigenvalue weighted by Gasteiger charge is -2.26. The first-order chi connectivity index (χ1) is 4.59. The van der Waals surface area contributed by atoms with Crippen molar-refractivity contribution in [2.45, 2.75) is 45.9 Å². The molecule has 0 aromatic rings. The molecule has 0 aliphatic rings. The molecule has 62 valence electrons. The van der Waals surface area contributed by atoms with Crippen LogP contribution in [-0.4, -0.2) is 29.3 Å². The molecule has 0 aliphatic heterocycles. The van der Waals surface area contributed by atoms with Crippen LogP contribution >= 0.6 is 0 Å². The topological polar surface area (TPSA) is 23.5 Å². The second-order valence-electron chi connectivity index (χ2n) is 2.94. The standard InChI is InChI=1S/C8H19NO/c1-5-6-7(2)9(4)8(3)10/h7-8,10H,5-6H2,1-4H3. The number of hydrogen-bond acceptors (Lipinski definition) is 2. The van der Waals surface area contributed by atoms with Gasteiger partial charge in [0.05, 0.1) is 0 Å². The van der Waals surface area contributed by atoms with Gasteiger partial charge < -0.3 is 5.11 Å². The highest BCUT2D eigenvalue weighted by molar-refractivity contribution is 4.62. The normalized spacial score (nSPS) is 17.4. The minimum Gasteiger partial charge on any atom is -0.379 e. The van der Waals surface area contributed by atoms with Crippen LogP contribution in [0.2, 0.25) is 0 Å². The van der Waals surface area contributed by atoms with Crippen molar-refractivity contribution in [2.75, 3.05) is 7.05 Å². The molecule has 0 aromatic heterocycles. The van der Waals surface area contributed by atoms with Crippen molar-refractivity contribution in [3.05, 3.63) is 0 Å². The minimum atomic E-state index is -0.318. The van der Waals surface area contributed by atoms with Crippen LogP contribution in [0, 0.1) is 0 Å². The summed E-state index contributed by atoms with van der Waals surface area (Å²) in [6, 6.07) is 0.491. The van der Waals surface area contributed by atoms with E-state index in [4.69, 9.17) is 5.11 Å². The second kappa shape index (κ2) is 4.69. The lowest BCUT2D eigenvalue weighted by Crippen LogP contribution is -2.36. The first-order valence-electron chi connectivity index (χ1n) is 3.99. The van der Waals surface area contributed by atoms with Gasteiger partial charge in [0.25, 0.3) is 0 Å². The Kier molecular flexibility index (Phi) is 4.65. The fraction of sp³-hybridized carbons (Fsp3) is 1.00. The molecular weight excluding hydrogens is 126 g/mol. The summed E-state index contributed by atoms with van der Waals surface area (Å²) in [4.78, 5) is 1.98. The average Bonchev–Trinajstić information content (AvgIpc) is 1.87. The molecule has 2 heteroatoms. The van der Waals surface area contributed by atoms with Gasteiger partial charge in [-0.3, -0.25) is 4.90 Å². The van der Waals surface area contributed by atoms with Gasteiger partial charge in [-0.25, -0.2) is 0 Å². The van der Waals surface area contributed by atoms with Crippen molar-refractivity contribution in [3.8, 4) is 0 Å². The van der Waals surface area contributed by atoms with E-state index in [-0.39, 0.29) is 6.23 Å². The van der Waals surface area contributed by atoms with Gasteiger partial charge in [-0.15, -0.1) is 0 Å². The molecule has 0 bridgehead atoms. The quantitative estimate of drug-likeness (QED) is 0.605. The number of aliphatic hydroxyl groups is 1. The van der Waals surface area contributed by atoms with E-state index < -0.39 is 0 Å². The Balaban J connectivity index is 3.58. The van der Waals surface area contributed by atoms with Crippen molar-refractivity contribution in [2.24, 2.45) is 0 Å². The summed E-state index contributed by atoms with van der Waals surface area (Å²) in [5.74, 6) is 0. The molecule has 0 saturated heterocycles. The Morgan fingerprint density at radius 2 is 1.90 bits per heavy atom. The van der Waals surface area contributed by atoms with Crippen LogP contribution in [0.3, 0.4) is 0 Å². The van der Waals surface area contributed by atoms with Gasteiger partial charge >= 0.3 is 0 Å². The summed E-state index contributed by atoms with van der Waals surface area (Å²) in [6.45, 7) is 6.09. The zero-order valence-electron chi connectivity index (χ0n) is 7.46. The Morgan fingerprint density at radius 1 is 1.40 bits per heavy atom. The molecule has 0 aromatic carbocycles. The van der Waals surface area contributed by atoms with Crippen LogP contribution in [0.4, 0.5) is 0 Å². The zero-order valence-corrected chi connectivity index (χ0v) is 7.46. The molecule has 0 saturated carbocycles. The minimum absolute atomic E-state index is 0.318. The molecule has 10 heavy (non-hydrogen) atoms. The summed E-state index contributed by atoms with van der Waals surface area (Å²) in [5.41, 5.74) is 0. The SMILES string of the molecule is CCCC(C)N(C)C(C)O. The summed E-state index contributed by atoms with van der Waals surface area (Å²) < 4.78 is 0. The number of nitrogens with zero attached hydrogens (tertiary/aromatic N) is 1. The van der Waals surface area contributed by atoms with Gasteiger partial charge in [-0.2, -0.15) is 0 Å². The largest absolute Gasteiger partial charge is 0.379 e. The zero-order chi connectivity index (χ0) is 8.15. The van der Waals surface area contributed by atoms with E-state index in [1.165, 1.54) is 6.42 Å². The monoisotopic (exact) mass is 145 g/mol. The average molecular weight is 145 g/mol. The molecule has 0 aliphatic carbocycles. The smallest absolute Gasteiger partial charge is 0.104 e. The second-order valence-corrected chi connectivity index (χ2v) is 2.94. The predicted octanol–water partition coefficient (Wildman–Crippen LogP) is 1.45. The van der Waals surface area contributed by atoms with E-state index in [0.717, 1.165) is 6.42 Å². The van der Waals surface area contributed by atoms with Crippen LogP contribution < -0.4 is 0 Å². The summed E-state index contributed by atoms with van der Waals surface area (Å²) >= 11 is 0. The summed E-state index contributed by atoms with van der Waals surface area (Å²) in [7, 11) is 1.95. The van der Waals surface area contributed by atoms with Gasteiger partial charge in [0.15, 0.2) is 0 Å². The van der Waals surface area contributed by atoms with Gasteiger partial charge in [0.2, 0.25) is 0 Å². The lowest BCUT2D eigenvalue weighted by molar-refractivity contribution is 0.0110. The maximum absolute atomic E-state index is 9.14. The number of hydrogen-bond donors (Lipinski definition) is 1. The van der Waals surface area contributed by atoms with Crippen molar-refractivity contribution in [1.82, 2.24) is 4.90 Å². The van der Waals surface area contributed by atoms with Crippen LogP contribution in [0.15, 0.2) is 0 Å². The van der Waals surface area contributed by atoms with E-state index in [1.807, 2.05) is 11.9 Å². The highest BCUT2D eigenvalue weighted by atomic mass is 16.3. The molecule has 0 spiro atoms. The fourth-order valence-corrected chi connectivity index (χ4v) is 0.990. The molecule has 0 fully saturated rings. The van der Waals surface area contributed by atoms with Crippen molar-refractivity contribution in [3.63, 3.8) is 0 Å². The predicted molar refractivity (Wildman–Crippen MR) is 43.8 cm³/mol. The molecule has 2 unspecified atom stereocenters. The Bertz CT molecular complexity index is 83.3. The lowest BCUT2D eigenvalue weighted by atomic mass is 10.2. The van der Waals surface area contributed by atoms with Crippen LogP contribution in [-0.2, 0) is 0 Å². The summed E-state index contributed by atoms with van der Waals surface area (Å²) in [6.07, 6.45) is 2.01. The molecule has 0 amide bonds. The van der Waals surface area contributed by atoms with Gasteiger partial charge in [-0.1, -0.05) is 13.3 Å². The van der Waals surface area contributed by atoms with Gasteiger partial charge in [-0.05, 0) is 27.3 Å². The number of rotatable bonds is 4. The third-order valence-electron chi connectivity index (χ3n) is 1.99. The van der Waals surface area contributed by atoms with Gasteiger partial charge in [0, 0.05) is 6.04 Å². The molecule has 2 nitrogen and oxygen atoms in total. The first-order valence-corrected chi connectivity index (χ1v) is 3.99. The van der Waals surface area contributed by atoms with Crippen LogP contribution in [0.5, 0.6) is 0 Å². The fourth-order valence-electron chi connectivity index (χ4n) is 0.990. The Morgan fingerprint density at radius 3 is 2.20 bits per heavy atom. The molecule has 2 atom stereocenters. The molecule has 0 heterocycles. The maximum Gasteiger partial charge on any atom is 0.104 e. The third kappa shape index (κ3) is 3.18. The molecule has 0 rings (SSSR count). The molecule has 0 radical (unpaired) electrons. The molecule has 1 N–H and O–H groups in total.